The molecule has 0 radical (unpaired) electrons. The molecule has 0 aliphatic carbocycles. The highest BCUT2D eigenvalue weighted by Gasteiger charge is 2.16. The van der Waals surface area contributed by atoms with Gasteiger partial charge in [0.15, 0.2) is 4.60 Å². The van der Waals surface area contributed by atoms with Gasteiger partial charge in [0.2, 0.25) is 0 Å². The van der Waals surface area contributed by atoms with Gasteiger partial charge >= 0.3 is 0 Å². The average Bonchev–Trinajstić information content (AvgIpc) is 2.32. The van der Waals surface area contributed by atoms with Crippen LogP contribution in [0.25, 0.3) is 0 Å². The van der Waals surface area contributed by atoms with Crippen LogP contribution in [0.1, 0.15) is 18.2 Å². The van der Waals surface area contributed by atoms with E-state index in [1.54, 1.807) is 7.05 Å². The number of aliphatic hydroxyl groups excluding tert-OH is 1. The lowest BCUT2D eigenvalue weighted by Gasteiger charge is -2.08. The minimum atomic E-state index is -0.593. The summed E-state index contributed by atoms with van der Waals surface area (Å²) in [5.41, 5.74) is 5.98. The van der Waals surface area contributed by atoms with Gasteiger partial charge < -0.3 is 10.8 Å². The third kappa shape index (κ3) is 1.82. The third-order valence-corrected chi connectivity index (χ3v) is 2.15. The summed E-state index contributed by atoms with van der Waals surface area (Å²) < 4.78 is 2.11. The van der Waals surface area contributed by atoms with E-state index in [0.717, 1.165) is 0 Å². The Morgan fingerprint density at radius 2 is 2.42 bits per heavy atom. The molecule has 1 rings (SSSR count). The van der Waals surface area contributed by atoms with Crippen LogP contribution in [0, 0.1) is 0 Å². The molecule has 0 saturated carbocycles. The highest BCUT2D eigenvalue weighted by atomic mass is 79.9. The number of rotatable bonds is 3. The van der Waals surface area contributed by atoms with Crippen molar-refractivity contribution >= 4 is 15.9 Å². The quantitative estimate of drug-likeness (QED) is 0.770. The summed E-state index contributed by atoms with van der Waals surface area (Å²) in [6, 6.07) is 0. The zero-order valence-electron chi connectivity index (χ0n) is 6.74. The molecule has 1 unspecified atom stereocenters. The molecule has 1 aromatic heterocycles. The van der Waals surface area contributed by atoms with Gasteiger partial charge in [-0.2, -0.15) is 0 Å². The third-order valence-electron chi connectivity index (χ3n) is 1.58. The highest BCUT2D eigenvalue weighted by Crippen LogP contribution is 2.21. The van der Waals surface area contributed by atoms with Gasteiger partial charge in [0.05, 0.1) is 6.10 Å². The van der Waals surface area contributed by atoms with Crippen molar-refractivity contribution in [3.05, 3.63) is 10.3 Å². The zero-order chi connectivity index (χ0) is 9.14. The van der Waals surface area contributed by atoms with Crippen molar-refractivity contribution in [2.24, 2.45) is 12.8 Å². The Balaban J connectivity index is 2.85. The van der Waals surface area contributed by atoms with E-state index in [1.165, 1.54) is 4.68 Å². The van der Waals surface area contributed by atoms with Gasteiger partial charge in [0, 0.05) is 7.05 Å². The Bertz CT molecular complexity index is 243. The normalized spacial score (nSPS) is 13.3. The molecule has 6 heteroatoms. The molecule has 3 N–H and O–H groups in total. The summed E-state index contributed by atoms with van der Waals surface area (Å²) in [4.78, 5) is 0. The Morgan fingerprint density at radius 3 is 2.83 bits per heavy atom. The number of nitrogens with zero attached hydrogens (tertiary/aromatic N) is 3. The SMILES string of the molecule is Cn1nnc(Br)c1C(O)CCN. The van der Waals surface area contributed by atoms with E-state index >= 15 is 0 Å². The predicted molar refractivity (Wildman–Crippen MR) is 47.3 cm³/mol. The number of aromatic nitrogens is 3. The van der Waals surface area contributed by atoms with Gasteiger partial charge in [-0.3, -0.25) is 0 Å². The van der Waals surface area contributed by atoms with Crippen LogP contribution in [0.5, 0.6) is 0 Å². The highest BCUT2D eigenvalue weighted by molar-refractivity contribution is 9.10. The maximum atomic E-state index is 9.56. The number of nitrogens with two attached hydrogens (primary N) is 1. The van der Waals surface area contributed by atoms with Crippen LogP contribution in [0.2, 0.25) is 0 Å². The molecule has 1 heterocycles. The molecule has 0 saturated heterocycles. The molecule has 0 fully saturated rings. The minimum absolute atomic E-state index is 0.443. The Labute approximate surface area is 78.7 Å². The molecule has 5 nitrogen and oxygen atoms in total. The summed E-state index contributed by atoms with van der Waals surface area (Å²) in [6.45, 7) is 0.443. The van der Waals surface area contributed by atoms with Crippen LogP contribution in [0.3, 0.4) is 0 Å². The molecule has 12 heavy (non-hydrogen) atoms. The summed E-state index contributed by atoms with van der Waals surface area (Å²) >= 11 is 3.19. The second-order valence-corrected chi connectivity index (χ2v) is 3.23. The lowest BCUT2D eigenvalue weighted by Crippen LogP contribution is -2.10. The molecule has 0 aliphatic rings. The number of halogens is 1. The largest absolute Gasteiger partial charge is 0.387 e. The van der Waals surface area contributed by atoms with E-state index in [0.29, 0.717) is 23.3 Å². The maximum Gasteiger partial charge on any atom is 0.154 e. The monoisotopic (exact) mass is 234 g/mol. The molecular weight excluding hydrogens is 224 g/mol. The van der Waals surface area contributed by atoms with Crippen LogP contribution in [0.4, 0.5) is 0 Å². The molecule has 1 aromatic rings. The molecule has 0 amide bonds. The number of hydrogen-bond acceptors (Lipinski definition) is 4. The summed E-state index contributed by atoms with van der Waals surface area (Å²) in [7, 11) is 1.73. The van der Waals surface area contributed by atoms with E-state index < -0.39 is 6.10 Å². The molecule has 0 aromatic carbocycles. The molecule has 68 valence electrons. The van der Waals surface area contributed by atoms with Crippen molar-refractivity contribution in [3.8, 4) is 0 Å². The van der Waals surface area contributed by atoms with Gasteiger partial charge in [-0.05, 0) is 28.9 Å². The second-order valence-electron chi connectivity index (χ2n) is 2.48. The van der Waals surface area contributed by atoms with Crippen molar-refractivity contribution in [1.29, 1.82) is 0 Å². The predicted octanol–water partition coefficient (Wildman–Crippen LogP) is -0.0402. The first-order chi connectivity index (χ1) is 5.66. The lowest BCUT2D eigenvalue weighted by molar-refractivity contribution is 0.160. The molecule has 1 atom stereocenters. The maximum absolute atomic E-state index is 9.56. The first-order valence-electron chi connectivity index (χ1n) is 3.60. The van der Waals surface area contributed by atoms with Crippen molar-refractivity contribution < 1.29 is 5.11 Å². The fraction of sp³-hybridized carbons (Fsp3) is 0.667. The van der Waals surface area contributed by atoms with Gasteiger partial charge in [-0.15, -0.1) is 5.10 Å². The molecule has 0 bridgehead atoms. The van der Waals surface area contributed by atoms with Crippen molar-refractivity contribution in [1.82, 2.24) is 15.0 Å². The van der Waals surface area contributed by atoms with Crippen molar-refractivity contribution in [3.63, 3.8) is 0 Å². The van der Waals surface area contributed by atoms with Crippen LogP contribution in [0.15, 0.2) is 4.60 Å². The van der Waals surface area contributed by atoms with Gasteiger partial charge in [0.1, 0.15) is 5.69 Å². The van der Waals surface area contributed by atoms with Gasteiger partial charge in [0.25, 0.3) is 0 Å². The fourth-order valence-electron chi connectivity index (χ4n) is 0.987. The zero-order valence-corrected chi connectivity index (χ0v) is 8.32. The lowest BCUT2D eigenvalue weighted by atomic mass is 10.2. The van der Waals surface area contributed by atoms with E-state index in [4.69, 9.17) is 5.73 Å². The molecular formula is C6H11BrN4O. The van der Waals surface area contributed by atoms with Crippen LogP contribution >= 0.6 is 15.9 Å². The summed E-state index contributed by atoms with van der Waals surface area (Å²) in [5.74, 6) is 0. The Kier molecular flexibility index (Phi) is 3.19. The van der Waals surface area contributed by atoms with E-state index in [2.05, 4.69) is 26.2 Å². The first kappa shape index (κ1) is 9.63. The van der Waals surface area contributed by atoms with Crippen molar-refractivity contribution in [2.45, 2.75) is 12.5 Å². The molecule has 0 spiro atoms. The average molecular weight is 235 g/mol. The van der Waals surface area contributed by atoms with Crippen LogP contribution < -0.4 is 5.73 Å². The summed E-state index contributed by atoms with van der Waals surface area (Å²) in [5, 5.41) is 17.0. The number of aryl methyl sites for hydroxylation is 1. The number of aliphatic hydroxyl groups is 1. The second kappa shape index (κ2) is 3.97. The van der Waals surface area contributed by atoms with Crippen molar-refractivity contribution in [2.75, 3.05) is 6.54 Å². The van der Waals surface area contributed by atoms with E-state index in [-0.39, 0.29) is 0 Å². The van der Waals surface area contributed by atoms with Gasteiger partial charge in [-0.25, -0.2) is 4.68 Å². The standard InChI is InChI=1S/C6H11BrN4O/c1-11-5(4(12)2-3-8)6(7)9-10-11/h4,12H,2-3,8H2,1H3. The Hall–Kier alpha value is -0.460. The molecule has 0 aliphatic heterocycles. The van der Waals surface area contributed by atoms with Crippen LogP contribution in [-0.4, -0.2) is 26.6 Å². The number of hydrogen-bond donors (Lipinski definition) is 2. The van der Waals surface area contributed by atoms with Gasteiger partial charge in [-0.1, -0.05) is 5.21 Å². The first-order valence-corrected chi connectivity index (χ1v) is 4.39. The van der Waals surface area contributed by atoms with Crippen LogP contribution in [-0.2, 0) is 7.05 Å². The minimum Gasteiger partial charge on any atom is -0.387 e. The van der Waals surface area contributed by atoms with E-state index in [1.807, 2.05) is 0 Å². The Morgan fingerprint density at radius 1 is 1.75 bits per heavy atom. The summed E-state index contributed by atoms with van der Waals surface area (Å²) in [6.07, 6.45) is -0.0795. The fourth-order valence-corrected chi connectivity index (χ4v) is 1.58. The smallest absolute Gasteiger partial charge is 0.154 e. The van der Waals surface area contributed by atoms with E-state index in [9.17, 15) is 5.11 Å². The topological polar surface area (TPSA) is 77.0 Å².